The standard InChI is InChI=1S/C9H11N5O2/c1-3-7-10-4-5-13(7)9-8(14(15)16)11-6-12(9)2/h4-6H,3H2,1-2H3. The molecule has 2 heterocycles. The Hall–Kier alpha value is -2.18. The van der Waals surface area contributed by atoms with E-state index in [0.717, 1.165) is 5.82 Å². The van der Waals surface area contributed by atoms with Gasteiger partial charge in [-0.25, -0.2) is 4.98 Å². The number of aryl methyl sites for hydroxylation is 2. The molecule has 2 aromatic heterocycles. The lowest BCUT2D eigenvalue weighted by Gasteiger charge is -2.05. The predicted molar refractivity (Wildman–Crippen MR) is 56.4 cm³/mol. The first-order chi connectivity index (χ1) is 7.65. The molecular formula is C9H11N5O2. The van der Waals surface area contributed by atoms with Gasteiger partial charge in [0, 0.05) is 25.9 Å². The lowest BCUT2D eigenvalue weighted by Crippen LogP contribution is -2.06. The number of hydrogen-bond donors (Lipinski definition) is 0. The van der Waals surface area contributed by atoms with Gasteiger partial charge in [-0.3, -0.25) is 9.13 Å². The zero-order valence-corrected chi connectivity index (χ0v) is 8.99. The summed E-state index contributed by atoms with van der Waals surface area (Å²) < 4.78 is 3.30. The maximum Gasteiger partial charge on any atom is 0.407 e. The summed E-state index contributed by atoms with van der Waals surface area (Å²) in [6.07, 6.45) is 5.45. The minimum atomic E-state index is -0.491. The van der Waals surface area contributed by atoms with Crippen molar-refractivity contribution >= 4 is 5.82 Å². The molecule has 0 aromatic carbocycles. The van der Waals surface area contributed by atoms with Gasteiger partial charge in [-0.1, -0.05) is 6.92 Å². The van der Waals surface area contributed by atoms with Crippen molar-refractivity contribution in [2.75, 3.05) is 0 Å². The molecule has 2 rings (SSSR count). The van der Waals surface area contributed by atoms with Gasteiger partial charge in [0.1, 0.15) is 5.82 Å². The Bertz CT molecular complexity index is 528. The Morgan fingerprint density at radius 3 is 2.88 bits per heavy atom. The highest BCUT2D eigenvalue weighted by Crippen LogP contribution is 2.21. The second-order valence-corrected chi connectivity index (χ2v) is 3.33. The maximum atomic E-state index is 10.8. The molecule has 0 spiro atoms. The van der Waals surface area contributed by atoms with Crippen molar-refractivity contribution < 1.29 is 4.92 Å². The molecule has 0 radical (unpaired) electrons. The third kappa shape index (κ3) is 1.46. The highest BCUT2D eigenvalue weighted by atomic mass is 16.6. The fourth-order valence-electron chi connectivity index (χ4n) is 1.61. The Morgan fingerprint density at radius 1 is 1.50 bits per heavy atom. The molecule has 0 bridgehead atoms. The Kier molecular flexibility index (Phi) is 2.43. The summed E-state index contributed by atoms with van der Waals surface area (Å²) in [5.74, 6) is 1.04. The highest BCUT2D eigenvalue weighted by Gasteiger charge is 2.22. The van der Waals surface area contributed by atoms with Crippen LogP contribution < -0.4 is 0 Å². The van der Waals surface area contributed by atoms with Crippen LogP contribution in [0.3, 0.4) is 0 Å². The average Bonchev–Trinajstić information content (AvgIpc) is 2.82. The third-order valence-electron chi connectivity index (χ3n) is 2.32. The van der Waals surface area contributed by atoms with Crippen LogP contribution in [0.25, 0.3) is 5.82 Å². The van der Waals surface area contributed by atoms with E-state index in [0.29, 0.717) is 12.2 Å². The molecule has 0 N–H and O–H groups in total. The molecular weight excluding hydrogens is 210 g/mol. The summed E-state index contributed by atoms with van der Waals surface area (Å²) in [5, 5.41) is 10.8. The number of rotatable bonds is 3. The molecule has 0 aliphatic rings. The number of nitrogens with zero attached hydrogens (tertiary/aromatic N) is 5. The second-order valence-electron chi connectivity index (χ2n) is 3.33. The third-order valence-corrected chi connectivity index (χ3v) is 2.32. The van der Waals surface area contributed by atoms with Gasteiger partial charge < -0.3 is 10.1 Å². The van der Waals surface area contributed by atoms with E-state index in [1.54, 1.807) is 28.6 Å². The fraction of sp³-hybridized carbons (Fsp3) is 0.333. The maximum absolute atomic E-state index is 10.8. The smallest absolute Gasteiger partial charge is 0.358 e. The molecule has 0 aliphatic carbocycles. The van der Waals surface area contributed by atoms with Gasteiger partial charge in [0.25, 0.3) is 0 Å². The Morgan fingerprint density at radius 2 is 2.25 bits per heavy atom. The van der Waals surface area contributed by atoms with E-state index in [-0.39, 0.29) is 5.82 Å². The van der Waals surface area contributed by atoms with E-state index in [2.05, 4.69) is 9.97 Å². The molecule has 7 heteroatoms. The molecule has 16 heavy (non-hydrogen) atoms. The van der Waals surface area contributed by atoms with Crippen LogP contribution in [0.2, 0.25) is 0 Å². The molecule has 0 unspecified atom stereocenters. The summed E-state index contributed by atoms with van der Waals surface area (Å²) in [6, 6.07) is 0. The van der Waals surface area contributed by atoms with E-state index in [1.807, 2.05) is 6.92 Å². The van der Waals surface area contributed by atoms with Crippen LogP contribution in [0, 0.1) is 10.1 Å². The molecule has 0 saturated carbocycles. The van der Waals surface area contributed by atoms with E-state index in [4.69, 9.17) is 0 Å². The fourth-order valence-corrected chi connectivity index (χ4v) is 1.61. The minimum absolute atomic E-state index is 0.157. The molecule has 0 atom stereocenters. The largest absolute Gasteiger partial charge is 0.407 e. The number of imidazole rings is 2. The quantitative estimate of drug-likeness (QED) is 0.573. The molecule has 7 nitrogen and oxygen atoms in total. The normalized spacial score (nSPS) is 10.6. The van der Waals surface area contributed by atoms with Gasteiger partial charge in [0.2, 0.25) is 12.1 Å². The van der Waals surface area contributed by atoms with Crippen LogP contribution in [0.5, 0.6) is 0 Å². The highest BCUT2D eigenvalue weighted by molar-refractivity contribution is 5.42. The lowest BCUT2D eigenvalue weighted by atomic mass is 10.4. The van der Waals surface area contributed by atoms with Crippen LogP contribution >= 0.6 is 0 Å². The molecule has 0 amide bonds. The van der Waals surface area contributed by atoms with Crippen LogP contribution in [0.4, 0.5) is 5.82 Å². The van der Waals surface area contributed by atoms with Gasteiger partial charge in [-0.05, 0) is 9.91 Å². The SMILES string of the molecule is CCc1nccn1-c1c([N+](=O)[O-])ncn1C. The Balaban J connectivity index is 2.63. The van der Waals surface area contributed by atoms with Gasteiger partial charge in [-0.2, -0.15) is 0 Å². The van der Waals surface area contributed by atoms with E-state index in [9.17, 15) is 10.1 Å². The second kappa shape index (κ2) is 3.76. The predicted octanol–water partition coefficient (Wildman–Crippen LogP) is 1.08. The van der Waals surface area contributed by atoms with E-state index < -0.39 is 4.92 Å². The summed E-state index contributed by atoms with van der Waals surface area (Å²) in [4.78, 5) is 18.2. The average molecular weight is 221 g/mol. The molecule has 2 aromatic rings. The van der Waals surface area contributed by atoms with Crippen molar-refractivity contribution in [1.82, 2.24) is 19.1 Å². The van der Waals surface area contributed by atoms with Crippen molar-refractivity contribution in [3.63, 3.8) is 0 Å². The van der Waals surface area contributed by atoms with Crippen LogP contribution in [0.15, 0.2) is 18.7 Å². The Labute approximate surface area is 91.5 Å². The van der Waals surface area contributed by atoms with Gasteiger partial charge >= 0.3 is 5.82 Å². The number of aromatic nitrogens is 4. The molecule has 0 saturated heterocycles. The van der Waals surface area contributed by atoms with Crippen molar-refractivity contribution in [2.45, 2.75) is 13.3 Å². The first-order valence-electron chi connectivity index (χ1n) is 4.83. The van der Waals surface area contributed by atoms with Crippen molar-refractivity contribution in [2.24, 2.45) is 7.05 Å². The monoisotopic (exact) mass is 221 g/mol. The molecule has 0 aliphatic heterocycles. The summed E-state index contributed by atoms with van der Waals surface area (Å²) in [6.45, 7) is 1.95. The number of nitro groups is 1. The topological polar surface area (TPSA) is 78.8 Å². The summed E-state index contributed by atoms with van der Waals surface area (Å²) >= 11 is 0. The van der Waals surface area contributed by atoms with Gasteiger partial charge in [-0.15, -0.1) is 0 Å². The van der Waals surface area contributed by atoms with Gasteiger partial charge in [0.15, 0.2) is 0 Å². The first-order valence-corrected chi connectivity index (χ1v) is 4.83. The van der Waals surface area contributed by atoms with E-state index in [1.165, 1.54) is 6.33 Å². The molecule has 0 fully saturated rings. The van der Waals surface area contributed by atoms with Crippen LogP contribution in [-0.2, 0) is 13.5 Å². The van der Waals surface area contributed by atoms with Crippen molar-refractivity contribution in [1.29, 1.82) is 0 Å². The lowest BCUT2D eigenvalue weighted by molar-refractivity contribution is -0.389. The summed E-state index contributed by atoms with van der Waals surface area (Å²) in [7, 11) is 1.72. The van der Waals surface area contributed by atoms with Crippen LogP contribution in [0.1, 0.15) is 12.7 Å². The van der Waals surface area contributed by atoms with Crippen molar-refractivity contribution in [3.8, 4) is 5.82 Å². The first kappa shape index (κ1) is 10.3. The van der Waals surface area contributed by atoms with Crippen LogP contribution in [-0.4, -0.2) is 24.0 Å². The van der Waals surface area contributed by atoms with Gasteiger partial charge in [0.05, 0.1) is 0 Å². The molecule has 84 valence electrons. The zero-order valence-electron chi connectivity index (χ0n) is 8.99. The number of hydrogen-bond acceptors (Lipinski definition) is 4. The van der Waals surface area contributed by atoms with Crippen molar-refractivity contribution in [3.05, 3.63) is 34.7 Å². The summed E-state index contributed by atoms with van der Waals surface area (Å²) in [5.41, 5.74) is 0. The minimum Gasteiger partial charge on any atom is -0.358 e. The zero-order chi connectivity index (χ0) is 11.7. The van der Waals surface area contributed by atoms with E-state index >= 15 is 0 Å².